The highest BCUT2D eigenvalue weighted by atomic mass is 16.2. The Balaban J connectivity index is 2.84. The fraction of sp³-hybridized carbons (Fsp3) is 0.727. The van der Waals surface area contributed by atoms with Crippen LogP contribution in [-0.2, 0) is 14.4 Å². The van der Waals surface area contributed by atoms with Crippen LogP contribution in [0.2, 0.25) is 0 Å². The van der Waals surface area contributed by atoms with Gasteiger partial charge in [-0.05, 0) is 12.8 Å². The highest BCUT2D eigenvalue weighted by molar-refractivity contribution is 6.06. The molecular weight excluding hydrogens is 208 g/mol. The standard InChI is InChI=1S/C11H18N2O3/c1-3-5-7-6-9(14)13(11(7)16)8(4-2)10(12)15/h7-8H,3-6H2,1-2H3,(H2,12,15)/t7-,8+/m1/s1. The molecule has 0 aliphatic carbocycles. The highest BCUT2D eigenvalue weighted by Crippen LogP contribution is 2.26. The molecule has 1 aliphatic rings. The average Bonchev–Trinajstić information content (AvgIpc) is 2.47. The van der Waals surface area contributed by atoms with E-state index in [1.807, 2.05) is 6.92 Å². The first-order chi connectivity index (χ1) is 7.52. The maximum Gasteiger partial charge on any atom is 0.240 e. The summed E-state index contributed by atoms with van der Waals surface area (Å²) >= 11 is 0. The Bertz CT molecular complexity index is 314. The van der Waals surface area contributed by atoms with Crippen LogP contribution < -0.4 is 5.73 Å². The molecule has 1 aliphatic heterocycles. The van der Waals surface area contributed by atoms with Crippen molar-refractivity contribution in [3.63, 3.8) is 0 Å². The Morgan fingerprint density at radius 1 is 1.50 bits per heavy atom. The van der Waals surface area contributed by atoms with Crippen molar-refractivity contribution in [3.8, 4) is 0 Å². The van der Waals surface area contributed by atoms with Gasteiger partial charge in [0, 0.05) is 12.3 Å². The predicted molar refractivity (Wildman–Crippen MR) is 58.1 cm³/mol. The van der Waals surface area contributed by atoms with Gasteiger partial charge in [-0.3, -0.25) is 19.3 Å². The van der Waals surface area contributed by atoms with E-state index in [1.165, 1.54) is 0 Å². The molecule has 0 spiro atoms. The summed E-state index contributed by atoms with van der Waals surface area (Å²) in [6.07, 6.45) is 2.14. The van der Waals surface area contributed by atoms with Gasteiger partial charge < -0.3 is 5.73 Å². The maximum atomic E-state index is 11.9. The van der Waals surface area contributed by atoms with Crippen molar-refractivity contribution in [2.24, 2.45) is 11.7 Å². The van der Waals surface area contributed by atoms with Crippen LogP contribution in [-0.4, -0.2) is 28.7 Å². The van der Waals surface area contributed by atoms with E-state index in [0.29, 0.717) is 12.8 Å². The zero-order chi connectivity index (χ0) is 12.3. The molecule has 1 heterocycles. The molecule has 0 aromatic heterocycles. The molecule has 90 valence electrons. The molecular formula is C11H18N2O3. The predicted octanol–water partition coefficient (Wildman–Crippen LogP) is 0.425. The summed E-state index contributed by atoms with van der Waals surface area (Å²) in [6, 6.07) is -0.776. The summed E-state index contributed by atoms with van der Waals surface area (Å²) < 4.78 is 0. The zero-order valence-electron chi connectivity index (χ0n) is 9.73. The van der Waals surface area contributed by atoms with Crippen LogP contribution in [0.5, 0.6) is 0 Å². The smallest absolute Gasteiger partial charge is 0.240 e. The van der Waals surface area contributed by atoms with Crippen LogP contribution in [0, 0.1) is 5.92 Å². The van der Waals surface area contributed by atoms with E-state index in [9.17, 15) is 14.4 Å². The Morgan fingerprint density at radius 2 is 2.12 bits per heavy atom. The molecule has 0 aromatic rings. The Labute approximate surface area is 95.0 Å². The lowest BCUT2D eigenvalue weighted by molar-refractivity contribution is -0.146. The number of hydrogen-bond donors (Lipinski definition) is 1. The lowest BCUT2D eigenvalue weighted by Gasteiger charge is -2.22. The van der Waals surface area contributed by atoms with E-state index in [1.54, 1.807) is 6.92 Å². The molecule has 2 N–H and O–H groups in total. The topological polar surface area (TPSA) is 80.5 Å². The van der Waals surface area contributed by atoms with Crippen LogP contribution in [0.15, 0.2) is 0 Å². The van der Waals surface area contributed by atoms with Crippen LogP contribution >= 0.6 is 0 Å². The number of carbonyl (C=O) groups excluding carboxylic acids is 3. The van der Waals surface area contributed by atoms with Crippen molar-refractivity contribution < 1.29 is 14.4 Å². The molecule has 5 heteroatoms. The number of primary amides is 1. The normalized spacial score (nSPS) is 22.6. The molecule has 1 rings (SSSR count). The Hall–Kier alpha value is -1.39. The van der Waals surface area contributed by atoms with E-state index >= 15 is 0 Å². The van der Waals surface area contributed by atoms with Gasteiger partial charge in [-0.1, -0.05) is 20.3 Å². The number of likely N-dealkylation sites (tertiary alicyclic amines) is 1. The molecule has 3 amide bonds. The van der Waals surface area contributed by atoms with E-state index in [4.69, 9.17) is 5.73 Å². The maximum absolute atomic E-state index is 11.9. The van der Waals surface area contributed by atoms with E-state index in [2.05, 4.69) is 0 Å². The zero-order valence-corrected chi connectivity index (χ0v) is 9.73. The lowest BCUT2D eigenvalue weighted by Crippen LogP contribution is -2.47. The molecule has 0 radical (unpaired) electrons. The van der Waals surface area contributed by atoms with Crippen molar-refractivity contribution in [3.05, 3.63) is 0 Å². The van der Waals surface area contributed by atoms with Gasteiger partial charge in [-0.15, -0.1) is 0 Å². The second-order valence-electron chi connectivity index (χ2n) is 4.12. The minimum atomic E-state index is -0.776. The third-order valence-corrected chi connectivity index (χ3v) is 2.94. The number of carbonyl (C=O) groups is 3. The van der Waals surface area contributed by atoms with E-state index in [-0.39, 0.29) is 24.2 Å². The first-order valence-corrected chi connectivity index (χ1v) is 5.68. The fourth-order valence-corrected chi connectivity index (χ4v) is 2.13. The molecule has 0 bridgehead atoms. The van der Waals surface area contributed by atoms with Crippen molar-refractivity contribution >= 4 is 17.7 Å². The van der Waals surface area contributed by atoms with Gasteiger partial charge in [0.1, 0.15) is 6.04 Å². The quantitative estimate of drug-likeness (QED) is 0.690. The SMILES string of the molecule is CCC[C@@H]1CC(=O)N([C@@H](CC)C(N)=O)C1=O. The van der Waals surface area contributed by atoms with Crippen LogP contribution in [0.1, 0.15) is 39.5 Å². The summed E-state index contributed by atoms with van der Waals surface area (Å²) in [5.74, 6) is -1.38. The number of rotatable bonds is 5. The third-order valence-electron chi connectivity index (χ3n) is 2.94. The van der Waals surface area contributed by atoms with Gasteiger partial charge in [-0.25, -0.2) is 0 Å². The minimum Gasteiger partial charge on any atom is -0.368 e. The van der Waals surface area contributed by atoms with E-state index in [0.717, 1.165) is 11.3 Å². The number of nitrogens with two attached hydrogens (primary N) is 1. The molecule has 2 atom stereocenters. The molecule has 1 saturated heterocycles. The van der Waals surface area contributed by atoms with Crippen molar-refractivity contribution in [2.75, 3.05) is 0 Å². The number of imide groups is 1. The van der Waals surface area contributed by atoms with E-state index < -0.39 is 11.9 Å². The fourth-order valence-electron chi connectivity index (χ4n) is 2.13. The summed E-state index contributed by atoms with van der Waals surface area (Å²) in [6.45, 7) is 3.70. The van der Waals surface area contributed by atoms with Gasteiger partial charge in [0.05, 0.1) is 0 Å². The molecule has 0 unspecified atom stereocenters. The molecule has 5 nitrogen and oxygen atoms in total. The number of hydrogen-bond acceptors (Lipinski definition) is 3. The first-order valence-electron chi connectivity index (χ1n) is 5.68. The lowest BCUT2D eigenvalue weighted by atomic mass is 10.0. The summed E-state index contributed by atoms with van der Waals surface area (Å²) in [5.41, 5.74) is 5.19. The average molecular weight is 226 g/mol. The summed E-state index contributed by atoms with van der Waals surface area (Å²) in [4.78, 5) is 35.8. The number of nitrogens with zero attached hydrogens (tertiary/aromatic N) is 1. The van der Waals surface area contributed by atoms with Gasteiger partial charge >= 0.3 is 0 Å². The highest BCUT2D eigenvalue weighted by Gasteiger charge is 2.42. The molecule has 1 fully saturated rings. The molecule has 0 aromatic carbocycles. The number of amides is 3. The first kappa shape index (κ1) is 12.7. The van der Waals surface area contributed by atoms with Gasteiger partial charge in [0.15, 0.2) is 0 Å². The Kier molecular flexibility index (Phi) is 4.04. The van der Waals surface area contributed by atoms with Gasteiger partial charge in [-0.2, -0.15) is 0 Å². The molecule has 16 heavy (non-hydrogen) atoms. The summed E-state index contributed by atoms with van der Waals surface area (Å²) in [7, 11) is 0. The second kappa shape index (κ2) is 5.09. The van der Waals surface area contributed by atoms with Gasteiger partial charge in [0.2, 0.25) is 17.7 Å². The van der Waals surface area contributed by atoms with Crippen molar-refractivity contribution in [2.45, 2.75) is 45.6 Å². The third kappa shape index (κ3) is 2.23. The monoisotopic (exact) mass is 226 g/mol. The largest absolute Gasteiger partial charge is 0.368 e. The second-order valence-corrected chi connectivity index (χ2v) is 4.12. The van der Waals surface area contributed by atoms with Crippen molar-refractivity contribution in [1.29, 1.82) is 0 Å². The molecule has 0 saturated carbocycles. The van der Waals surface area contributed by atoms with Crippen LogP contribution in [0.4, 0.5) is 0 Å². The summed E-state index contributed by atoms with van der Waals surface area (Å²) in [5, 5.41) is 0. The van der Waals surface area contributed by atoms with Gasteiger partial charge in [0.25, 0.3) is 0 Å². The van der Waals surface area contributed by atoms with Crippen LogP contribution in [0.25, 0.3) is 0 Å². The Morgan fingerprint density at radius 3 is 2.56 bits per heavy atom. The van der Waals surface area contributed by atoms with Crippen LogP contribution in [0.3, 0.4) is 0 Å². The minimum absolute atomic E-state index is 0.219. The van der Waals surface area contributed by atoms with Crippen molar-refractivity contribution in [1.82, 2.24) is 4.90 Å².